The fraction of sp³-hybridized carbons (Fsp3) is 0.417. The Kier molecular flexibility index (Phi) is 3.14. The third-order valence-corrected chi connectivity index (χ3v) is 5.30. The largest absolute Gasteiger partial charge is 0.481 e. The zero-order valence-corrected chi connectivity index (χ0v) is 11.0. The lowest BCUT2D eigenvalue weighted by atomic mass is 9.99. The summed E-state index contributed by atoms with van der Waals surface area (Å²) in [5.41, 5.74) is 4.46. The summed E-state index contributed by atoms with van der Waals surface area (Å²) in [6.07, 6.45) is 0.995. The Morgan fingerprint density at radius 3 is 2.26 bits per heavy atom. The molecule has 5 nitrogen and oxygen atoms in total. The van der Waals surface area contributed by atoms with Gasteiger partial charge in [0.2, 0.25) is 0 Å². The van der Waals surface area contributed by atoms with E-state index in [1.54, 1.807) is 0 Å². The van der Waals surface area contributed by atoms with E-state index >= 15 is 0 Å². The smallest absolute Gasteiger partial charge is 0.312 e. The number of carboxylic acids is 1. The first-order valence-corrected chi connectivity index (χ1v) is 7.58. The Morgan fingerprint density at radius 1 is 1.42 bits per heavy atom. The SMILES string of the molecule is CS(=O)(=O)[C@@H]1[C@@H](c2ccc(F)cc2)[C@@]1(CN)C(=O)O. The first-order valence-electron chi connectivity index (χ1n) is 5.63. The van der Waals surface area contributed by atoms with E-state index in [1.165, 1.54) is 24.3 Å². The predicted octanol–water partition coefficient (Wildman–Crippen LogP) is 0.366. The van der Waals surface area contributed by atoms with Crippen LogP contribution in [0.4, 0.5) is 4.39 Å². The van der Waals surface area contributed by atoms with Crippen LogP contribution in [0.1, 0.15) is 11.5 Å². The number of sulfone groups is 1. The van der Waals surface area contributed by atoms with Crippen molar-refractivity contribution < 1.29 is 22.7 Å². The highest BCUT2D eigenvalue weighted by Crippen LogP contribution is 2.62. The summed E-state index contributed by atoms with van der Waals surface area (Å²) in [5.74, 6) is -2.43. The van der Waals surface area contributed by atoms with E-state index in [0.29, 0.717) is 5.56 Å². The number of rotatable bonds is 4. The van der Waals surface area contributed by atoms with Crippen LogP contribution in [0.5, 0.6) is 0 Å². The lowest BCUT2D eigenvalue weighted by Gasteiger charge is -2.09. The Morgan fingerprint density at radius 2 is 1.95 bits per heavy atom. The minimum absolute atomic E-state index is 0.276. The minimum Gasteiger partial charge on any atom is -0.481 e. The topological polar surface area (TPSA) is 97.5 Å². The van der Waals surface area contributed by atoms with Crippen LogP contribution in [-0.4, -0.2) is 37.5 Å². The van der Waals surface area contributed by atoms with Crippen molar-refractivity contribution in [1.29, 1.82) is 0 Å². The van der Waals surface area contributed by atoms with Gasteiger partial charge >= 0.3 is 5.97 Å². The number of hydrogen-bond acceptors (Lipinski definition) is 4. The molecule has 3 atom stereocenters. The van der Waals surface area contributed by atoms with Crippen molar-refractivity contribution in [2.24, 2.45) is 11.1 Å². The maximum Gasteiger partial charge on any atom is 0.312 e. The molecule has 1 saturated carbocycles. The lowest BCUT2D eigenvalue weighted by molar-refractivity contribution is -0.143. The molecule has 0 bridgehead atoms. The molecule has 0 spiro atoms. The van der Waals surface area contributed by atoms with Gasteiger partial charge in [0.05, 0.1) is 5.25 Å². The van der Waals surface area contributed by atoms with Crippen LogP contribution in [-0.2, 0) is 14.6 Å². The fourth-order valence-corrected chi connectivity index (χ4v) is 4.68. The minimum atomic E-state index is -3.56. The van der Waals surface area contributed by atoms with Gasteiger partial charge in [-0.2, -0.15) is 0 Å². The first kappa shape index (κ1) is 14.0. The summed E-state index contributed by atoms with van der Waals surface area (Å²) in [6, 6.07) is 5.16. The van der Waals surface area contributed by atoms with E-state index in [2.05, 4.69) is 0 Å². The third kappa shape index (κ3) is 2.02. The van der Waals surface area contributed by atoms with Gasteiger partial charge in [-0.25, -0.2) is 12.8 Å². The van der Waals surface area contributed by atoms with Crippen LogP contribution in [0.3, 0.4) is 0 Å². The van der Waals surface area contributed by atoms with Crippen LogP contribution < -0.4 is 5.73 Å². The van der Waals surface area contributed by atoms with E-state index in [1.807, 2.05) is 0 Å². The van der Waals surface area contributed by atoms with Gasteiger partial charge in [0.1, 0.15) is 11.2 Å². The van der Waals surface area contributed by atoms with E-state index in [9.17, 15) is 22.7 Å². The molecule has 0 saturated heterocycles. The van der Waals surface area contributed by atoms with Crippen molar-refractivity contribution in [3.63, 3.8) is 0 Å². The zero-order chi connectivity index (χ0) is 14.4. The predicted molar refractivity (Wildman–Crippen MR) is 66.9 cm³/mol. The van der Waals surface area contributed by atoms with Crippen LogP contribution in [0.15, 0.2) is 24.3 Å². The van der Waals surface area contributed by atoms with Crippen molar-refractivity contribution in [2.45, 2.75) is 11.2 Å². The molecule has 0 amide bonds. The molecular formula is C12H14FNO4S. The van der Waals surface area contributed by atoms with Crippen LogP contribution in [0.2, 0.25) is 0 Å². The van der Waals surface area contributed by atoms with Crippen molar-refractivity contribution in [3.8, 4) is 0 Å². The molecule has 19 heavy (non-hydrogen) atoms. The highest BCUT2D eigenvalue weighted by Gasteiger charge is 2.74. The number of benzene rings is 1. The van der Waals surface area contributed by atoms with Gasteiger partial charge in [0.25, 0.3) is 0 Å². The van der Waals surface area contributed by atoms with Gasteiger partial charge in [-0.3, -0.25) is 4.79 Å². The summed E-state index contributed by atoms with van der Waals surface area (Å²) < 4.78 is 36.3. The summed E-state index contributed by atoms with van der Waals surface area (Å²) >= 11 is 0. The number of nitrogens with two attached hydrogens (primary N) is 1. The third-order valence-electron chi connectivity index (χ3n) is 3.68. The summed E-state index contributed by atoms with van der Waals surface area (Å²) in [4.78, 5) is 11.4. The fourth-order valence-electron chi connectivity index (χ4n) is 2.76. The maximum absolute atomic E-state index is 12.9. The molecule has 1 aromatic rings. The maximum atomic E-state index is 12.9. The second kappa shape index (κ2) is 4.28. The molecule has 1 fully saturated rings. The van der Waals surface area contributed by atoms with E-state index < -0.39 is 38.2 Å². The Bertz CT molecular complexity index is 613. The molecule has 0 heterocycles. The molecule has 0 aliphatic heterocycles. The molecule has 1 aliphatic rings. The van der Waals surface area contributed by atoms with Crippen molar-refractivity contribution >= 4 is 15.8 Å². The van der Waals surface area contributed by atoms with Crippen LogP contribution in [0.25, 0.3) is 0 Å². The standard InChI is InChI=1S/C12H14FNO4S/c1-19(17,18)10-9(12(10,6-14)11(15)16)7-2-4-8(13)5-3-7/h2-5,9-10H,6,14H2,1H3,(H,15,16)/t9-,10-,12-/m1/s1. The number of carbonyl (C=O) groups is 1. The molecule has 0 aromatic heterocycles. The van der Waals surface area contributed by atoms with Gasteiger partial charge < -0.3 is 10.8 Å². The first-order chi connectivity index (χ1) is 8.75. The molecule has 104 valence electrons. The number of aliphatic carboxylic acids is 1. The van der Waals surface area contributed by atoms with Crippen molar-refractivity contribution in [1.82, 2.24) is 0 Å². The summed E-state index contributed by atoms with van der Waals surface area (Å²) in [5, 5.41) is 8.24. The highest BCUT2D eigenvalue weighted by molar-refractivity contribution is 7.91. The monoisotopic (exact) mass is 287 g/mol. The van der Waals surface area contributed by atoms with E-state index in [4.69, 9.17) is 5.73 Å². The molecule has 0 unspecified atom stereocenters. The highest BCUT2D eigenvalue weighted by atomic mass is 32.2. The van der Waals surface area contributed by atoms with Gasteiger partial charge in [0, 0.05) is 18.7 Å². The molecular weight excluding hydrogens is 273 g/mol. The quantitative estimate of drug-likeness (QED) is 0.833. The number of halogens is 1. The molecule has 3 N–H and O–H groups in total. The van der Waals surface area contributed by atoms with Gasteiger partial charge in [0.15, 0.2) is 9.84 Å². The number of carboxylic acid groups (broad SMARTS) is 1. The normalized spacial score (nSPS) is 30.1. The van der Waals surface area contributed by atoms with E-state index in [-0.39, 0.29) is 6.54 Å². The van der Waals surface area contributed by atoms with Gasteiger partial charge in [-0.05, 0) is 17.7 Å². The molecule has 0 radical (unpaired) electrons. The summed E-state index contributed by atoms with van der Waals surface area (Å²) in [7, 11) is -3.56. The summed E-state index contributed by atoms with van der Waals surface area (Å²) in [6.45, 7) is -0.276. The van der Waals surface area contributed by atoms with Gasteiger partial charge in [-0.1, -0.05) is 12.1 Å². The van der Waals surface area contributed by atoms with E-state index in [0.717, 1.165) is 6.26 Å². The second-order valence-corrected chi connectivity index (χ2v) is 7.00. The lowest BCUT2D eigenvalue weighted by Crippen LogP contribution is -2.31. The van der Waals surface area contributed by atoms with Crippen molar-refractivity contribution in [2.75, 3.05) is 12.8 Å². The Hall–Kier alpha value is -1.47. The second-order valence-electron chi connectivity index (χ2n) is 4.83. The zero-order valence-electron chi connectivity index (χ0n) is 10.2. The number of hydrogen-bond donors (Lipinski definition) is 2. The Balaban J connectivity index is 2.50. The van der Waals surface area contributed by atoms with Crippen LogP contribution in [0, 0.1) is 11.2 Å². The molecule has 1 aliphatic carbocycles. The molecule has 2 rings (SSSR count). The average Bonchev–Trinajstić information content (AvgIpc) is 3.00. The molecule has 1 aromatic carbocycles. The van der Waals surface area contributed by atoms with Crippen molar-refractivity contribution in [3.05, 3.63) is 35.6 Å². The molecule has 7 heteroatoms. The average molecular weight is 287 g/mol. The Labute approximate surface area is 110 Å². The van der Waals surface area contributed by atoms with Crippen LogP contribution >= 0.6 is 0 Å². The van der Waals surface area contributed by atoms with Gasteiger partial charge in [-0.15, -0.1) is 0 Å².